The second-order valence-corrected chi connectivity index (χ2v) is 8.76. The number of hydrogen-bond acceptors (Lipinski definition) is 7. The van der Waals surface area contributed by atoms with Gasteiger partial charge in [-0.25, -0.2) is 4.98 Å². The van der Waals surface area contributed by atoms with Crippen LogP contribution in [-0.4, -0.2) is 23.3 Å². The Morgan fingerprint density at radius 2 is 1.91 bits per heavy atom. The lowest BCUT2D eigenvalue weighted by Gasteiger charge is -2.31. The Morgan fingerprint density at radius 1 is 1.03 bits per heavy atom. The molecule has 0 aliphatic carbocycles. The molecular formula is C28H26N4O3. The van der Waals surface area contributed by atoms with Gasteiger partial charge in [0.05, 0.1) is 12.2 Å². The highest BCUT2D eigenvalue weighted by Crippen LogP contribution is 2.38. The van der Waals surface area contributed by atoms with Crippen LogP contribution in [0.3, 0.4) is 0 Å². The summed E-state index contributed by atoms with van der Waals surface area (Å²) in [7, 11) is 0. The van der Waals surface area contributed by atoms with Crippen molar-refractivity contribution in [1.82, 2.24) is 10.1 Å². The molecule has 0 radical (unpaired) electrons. The molecule has 35 heavy (non-hydrogen) atoms. The molecule has 7 nitrogen and oxygen atoms in total. The van der Waals surface area contributed by atoms with Gasteiger partial charge in [-0.1, -0.05) is 47.6 Å². The van der Waals surface area contributed by atoms with Crippen LogP contribution in [0.25, 0.3) is 11.1 Å². The van der Waals surface area contributed by atoms with Crippen molar-refractivity contribution >= 4 is 11.7 Å². The standard InChI is InChI=1S/C28H26N4O3/c1-19-20(2)30-35-27(19)32-14-16-34-28(32)22-10-11-24(21-7-4-3-5-8-21)23(17-22)18-31-13-15-33-25-9-6-12-29-26(25)31/h3-12,14,16-17,28H,13,15,18H2,1-2H3. The monoisotopic (exact) mass is 466 g/mol. The van der Waals surface area contributed by atoms with Crippen molar-refractivity contribution in [3.63, 3.8) is 0 Å². The van der Waals surface area contributed by atoms with Crippen LogP contribution in [-0.2, 0) is 11.3 Å². The van der Waals surface area contributed by atoms with E-state index in [2.05, 4.69) is 57.5 Å². The Balaban J connectivity index is 1.40. The van der Waals surface area contributed by atoms with Crippen LogP contribution >= 0.6 is 0 Å². The Hall–Kier alpha value is -4.26. The van der Waals surface area contributed by atoms with Gasteiger partial charge in [-0.2, -0.15) is 0 Å². The number of pyridine rings is 1. The highest BCUT2D eigenvalue weighted by atomic mass is 16.5. The fourth-order valence-corrected chi connectivity index (χ4v) is 4.64. The minimum absolute atomic E-state index is 0.334. The SMILES string of the molecule is Cc1noc(N2C=COC2c2ccc(-c3ccccc3)c(CN3CCOc4cccnc43)c2)c1C. The number of anilines is 2. The van der Waals surface area contributed by atoms with E-state index in [-0.39, 0.29) is 6.23 Å². The Kier molecular flexibility index (Phi) is 5.37. The van der Waals surface area contributed by atoms with Crippen molar-refractivity contribution in [3.8, 4) is 16.9 Å². The Bertz CT molecular complexity index is 1380. The average molecular weight is 467 g/mol. The van der Waals surface area contributed by atoms with Crippen molar-refractivity contribution in [2.75, 3.05) is 23.0 Å². The molecule has 1 unspecified atom stereocenters. The van der Waals surface area contributed by atoms with Crippen LogP contribution in [0.1, 0.15) is 28.6 Å². The molecule has 2 aromatic heterocycles. The van der Waals surface area contributed by atoms with E-state index in [1.54, 1.807) is 6.26 Å². The number of aryl methyl sites for hydroxylation is 1. The number of aromatic nitrogens is 2. The van der Waals surface area contributed by atoms with Crippen molar-refractivity contribution < 1.29 is 14.0 Å². The highest BCUT2D eigenvalue weighted by molar-refractivity contribution is 5.69. The Labute approximate surface area is 204 Å². The van der Waals surface area contributed by atoms with Crippen LogP contribution < -0.4 is 14.5 Å². The molecule has 2 aliphatic rings. The van der Waals surface area contributed by atoms with E-state index in [0.29, 0.717) is 19.0 Å². The zero-order valence-corrected chi connectivity index (χ0v) is 19.7. The van der Waals surface area contributed by atoms with Crippen molar-refractivity contribution in [1.29, 1.82) is 0 Å². The molecule has 2 aromatic carbocycles. The maximum absolute atomic E-state index is 6.03. The molecule has 0 spiro atoms. The van der Waals surface area contributed by atoms with Crippen molar-refractivity contribution in [2.45, 2.75) is 26.6 Å². The van der Waals surface area contributed by atoms with Gasteiger partial charge in [-0.15, -0.1) is 0 Å². The molecule has 0 fully saturated rings. The number of nitrogens with zero attached hydrogens (tertiary/aromatic N) is 4. The molecule has 0 saturated carbocycles. The molecule has 4 heterocycles. The molecule has 0 amide bonds. The molecule has 0 bridgehead atoms. The van der Waals surface area contributed by atoms with Gasteiger partial charge in [-0.05, 0) is 48.7 Å². The van der Waals surface area contributed by atoms with Crippen LogP contribution in [0.5, 0.6) is 5.75 Å². The van der Waals surface area contributed by atoms with Gasteiger partial charge in [0.25, 0.3) is 0 Å². The van der Waals surface area contributed by atoms with E-state index >= 15 is 0 Å². The molecule has 0 N–H and O–H groups in total. The molecule has 176 valence electrons. The maximum atomic E-state index is 6.03. The molecule has 0 saturated heterocycles. The summed E-state index contributed by atoms with van der Waals surface area (Å²) in [6, 6.07) is 20.9. The lowest BCUT2D eigenvalue weighted by molar-refractivity contribution is 0.169. The highest BCUT2D eigenvalue weighted by Gasteiger charge is 2.30. The first-order chi connectivity index (χ1) is 17.2. The lowest BCUT2D eigenvalue weighted by Crippen LogP contribution is -2.33. The van der Waals surface area contributed by atoms with Crippen molar-refractivity contribution in [3.05, 3.63) is 102 Å². The number of ether oxygens (including phenoxy) is 2. The fraction of sp³-hybridized carbons (Fsp3) is 0.214. The minimum atomic E-state index is -0.334. The van der Waals surface area contributed by atoms with E-state index in [1.165, 1.54) is 16.7 Å². The average Bonchev–Trinajstić information content (AvgIpc) is 3.51. The second-order valence-electron chi connectivity index (χ2n) is 8.76. The summed E-state index contributed by atoms with van der Waals surface area (Å²) in [6.07, 6.45) is 5.08. The molecule has 4 aromatic rings. The summed E-state index contributed by atoms with van der Waals surface area (Å²) in [5, 5.41) is 4.13. The zero-order chi connectivity index (χ0) is 23.8. The van der Waals surface area contributed by atoms with Gasteiger partial charge in [0.1, 0.15) is 12.9 Å². The molecule has 2 aliphatic heterocycles. The third-order valence-electron chi connectivity index (χ3n) is 6.58. The summed E-state index contributed by atoms with van der Waals surface area (Å²) in [6.45, 7) is 6.06. The Morgan fingerprint density at radius 3 is 2.74 bits per heavy atom. The van der Waals surface area contributed by atoms with Gasteiger partial charge in [0.15, 0.2) is 11.6 Å². The third-order valence-corrected chi connectivity index (χ3v) is 6.58. The summed E-state index contributed by atoms with van der Waals surface area (Å²) < 4.78 is 17.5. The summed E-state index contributed by atoms with van der Waals surface area (Å²) in [4.78, 5) is 8.87. The predicted molar refractivity (Wildman–Crippen MR) is 134 cm³/mol. The number of fused-ring (bicyclic) bond motifs is 1. The first kappa shape index (κ1) is 21.3. The predicted octanol–water partition coefficient (Wildman–Crippen LogP) is 5.76. The molecular weight excluding hydrogens is 440 g/mol. The minimum Gasteiger partial charge on any atom is -0.488 e. The number of rotatable bonds is 5. The molecule has 6 rings (SSSR count). The number of hydrogen-bond donors (Lipinski definition) is 0. The summed E-state index contributed by atoms with van der Waals surface area (Å²) in [5.74, 6) is 2.39. The van der Waals surface area contributed by atoms with Gasteiger partial charge < -0.3 is 18.9 Å². The van der Waals surface area contributed by atoms with Gasteiger partial charge in [-0.3, -0.25) is 4.90 Å². The largest absolute Gasteiger partial charge is 0.488 e. The summed E-state index contributed by atoms with van der Waals surface area (Å²) in [5.41, 5.74) is 6.45. The normalized spacial score (nSPS) is 16.7. The van der Waals surface area contributed by atoms with Crippen LogP contribution in [0.4, 0.5) is 11.7 Å². The topological polar surface area (TPSA) is 63.9 Å². The van der Waals surface area contributed by atoms with E-state index in [0.717, 1.165) is 34.9 Å². The fourth-order valence-electron chi connectivity index (χ4n) is 4.64. The molecule has 1 atom stereocenters. The zero-order valence-electron chi connectivity index (χ0n) is 19.7. The third kappa shape index (κ3) is 3.89. The quantitative estimate of drug-likeness (QED) is 0.371. The molecule has 7 heteroatoms. The van der Waals surface area contributed by atoms with Gasteiger partial charge in [0, 0.05) is 30.1 Å². The van der Waals surface area contributed by atoms with E-state index in [1.807, 2.05) is 49.3 Å². The van der Waals surface area contributed by atoms with Gasteiger partial charge in [0.2, 0.25) is 12.1 Å². The number of benzene rings is 2. The van der Waals surface area contributed by atoms with Crippen LogP contribution in [0.2, 0.25) is 0 Å². The first-order valence-electron chi connectivity index (χ1n) is 11.7. The van der Waals surface area contributed by atoms with Gasteiger partial charge >= 0.3 is 0 Å². The van der Waals surface area contributed by atoms with E-state index in [4.69, 9.17) is 14.0 Å². The van der Waals surface area contributed by atoms with E-state index in [9.17, 15) is 0 Å². The second kappa shape index (κ2) is 8.83. The van der Waals surface area contributed by atoms with E-state index < -0.39 is 0 Å². The smallest absolute Gasteiger partial charge is 0.237 e. The summed E-state index contributed by atoms with van der Waals surface area (Å²) >= 11 is 0. The van der Waals surface area contributed by atoms with Crippen molar-refractivity contribution in [2.24, 2.45) is 0 Å². The lowest BCUT2D eigenvalue weighted by atomic mass is 9.96. The first-order valence-corrected chi connectivity index (χ1v) is 11.7. The maximum Gasteiger partial charge on any atom is 0.237 e. The van der Waals surface area contributed by atoms with Crippen LogP contribution in [0, 0.1) is 13.8 Å². The van der Waals surface area contributed by atoms with Crippen LogP contribution in [0.15, 0.2) is 83.8 Å².